The molecule has 0 radical (unpaired) electrons. The Morgan fingerprint density at radius 1 is 0.493 bits per heavy atom. The van der Waals surface area contributed by atoms with E-state index in [1.165, 1.54) is 0 Å². The van der Waals surface area contributed by atoms with Crippen molar-refractivity contribution in [2.45, 2.75) is 120 Å². The maximum absolute atomic E-state index is 13.8. The summed E-state index contributed by atoms with van der Waals surface area (Å²) in [4.78, 5) is 21.7. The van der Waals surface area contributed by atoms with Gasteiger partial charge in [0.25, 0.3) is 11.3 Å². The van der Waals surface area contributed by atoms with E-state index >= 15 is 0 Å². The zero-order valence-corrected chi connectivity index (χ0v) is 47.1. The molecule has 0 fully saturated rings. The number of carbonyl (C=O) groups is 2. The van der Waals surface area contributed by atoms with Crippen molar-refractivity contribution in [1.29, 1.82) is 0 Å². The van der Waals surface area contributed by atoms with E-state index in [-0.39, 0.29) is 119 Å². The summed E-state index contributed by atoms with van der Waals surface area (Å²) in [6.07, 6.45) is -67.1. The number of rotatable bonds is 22. The van der Waals surface area contributed by atoms with E-state index in [9.17, 15) is 146 Å². The molecule has 0 spiro atoms. The Bertz CT molecular complexity index is 1860. The molecular weight excluding hydrogens is 1220 g/mol. The molecule has 2 N–H and O–H groups in total. The average molecular weight is 1260 g/mol. The Morgan fingerprint density at radius 2 is 0.720 bits per heavy atom. The number of carbonyl (C=O) groups excluding carboxylic acids is 2. The van der Waals surface area contributed by atoms with Crippen LogP contribution in [0.3, 0.4) is 0 Å². The quantitative estimate of drug-likeness (QED) is 0.0959. The van der Waals surface area contributed by atoms with E-state index in [2.05, 4.69) is 4.74 Å². The van der Waals surface area contributed by atoms with Crippen LogP contribution in [-0.2, 0) is 34.4 Å². The number of nitrogens with zero attached hydrogens (tertiary/aromatic N) is 2. The molecule has 12 nitrogen and oxygen atoms in total. The minimum absolute atomic E-state index is 0. The normalized spacial score (nSPS) is 15.4. The standard InChI is InChI=1S/C16H20F13NO4S.C15H18F13NO4S.C2H6O.2K.H2O/c1-3-30(8-11(31)34-2)35(32,33)5-4-9(13(18,19)20)6-10(14(21,22)23)7-12(17,15(24,25)26)16(27,28)29;1-2-29(7-10(30)31)34(32,33)4-3-8(12(17,18)19)5-9(13(20,21)22)6-11(16,14(23,24)25)15(26,27)28;1-2-3;;;/h9-10H,3-8H2,1-2H3;8-9H,2-7H2,1H3,(H,30,31);3H,2H2,1H3;;;1H2/q;;;2*+1;/p-2. The predicted octanol–water partition coefficient (Wildman–Crippen LogP) is 2.75. The van der Waals surface area contributed by atoms with Crippen molar-refractivity contribution in [2.24, 2.45) is 23.7 Å². The second-order valence-corrected chi connectivity index (χ2v) is 18.9. The van der Waals surface area contributed by atoms with E-state index in [1.54, 1.807) is 6.92 Å². The van der Waals surface area contributed by atoms with Gasteiger partial charge in [-0.3, -0.25) is 4.79 Å². The second-order valence-electron chi connectivity index (χ2n) is 14.8. The van der Waals surface area contributed by atoms with Gasteiger partial charge in [-0.05, 0) is 32.6 Å². The third-order valence-electron chi connectivity index (χ3n) is 9.62. The van der Waals surface area contributed by atoms with E-state index in [0.29, 0.717) is 4.31 Å². The van der Waals surface area contributed by atoms with E-state index in [4.69, 9.17) is 5.11 Å². The molecular formula is C33H44F26K2N2O10S2. The number of carboxylic acids is 1. The molecule has 0 rings (SSSR count). The van der Waals surface area contributed by atoms with E-state index < -0.39 is 193 Å². The summed E-state index contributed by atoms with van der Waals surface area (Å²) in [6.45, 7) is 0.647. The average Bonchev–Trinajstić information content (AvgIpc) is 3.14. The molecule has 0 aromatic heterocycles. The number of sulfonamides is 2. The van der Waals surface area contributed by atoms with Crippen LogP contribution in [0, 0.1) is 23.7 Å². The number of aliphatic hydroxyl groups excluding tert-OH is 1. The number of esters is 1. The van der Waals surface area contributed by atoms with Crippen LogP contribution in [0.1, 0.15) is 59.3 Å². The Labute approximate surface area is 494 Å². The van der Waals surface area contributed by atoms with Crippen LogP contribution in [0.4, 0.5) is 114 Å². The second kappa shape index (κ2) is 32.7. The molecule has 4 atom stereocenters. The Morgan fingerprint density at radius 3 is 0.893 bits per heavy atom. The Kier molecular flexibility index (Phi) is 37.7. The zero-order valence-electron chi connectivity index (χ0n) is 39.2. The van der Waals surface area contributed by atoms with Crippen LogP contribution in [0.5, 0.6) is 0 Å². The van der Waals surface area contributed by atoms with Crippen molar-refractivity contribution in [3.8, 4) is 0 Å². The number of likely N-dealkylation sites (N-methyl/N-ethyl adjacent to an activating group) is 2. The number of alkyl halides is 26. The Hall–Kier alpha value is 0.133. The fourth-order valence-electron chi connectivity index (χ4n) is 5.65. The smallest absolute Gasteiger partial charge is 0.870 e. The maximum atomic E-state index is 13.8. The van der Waals surface area contributed by atoms with Crippen LogP contribution >= 0.6 is 0 Å². The minimum atomic E-state index is -6.96. The third kappa shape index (κ3) is 28.6. The molecule has 0 amide bonds. The Balaban J connectivity index is -0.000000290. The van der Waals surface area contributed by atoms with Gasteiger partial charge in [0, 0.05) is 32.5 Å². The summed E-state index contributed by atoms with van der Waals surface area (Å²) in [5.74, 6) is -21.4. The third-order valence-corrected chi connectivity index (χ3v) is 13.5. The van der Waals surface area contributed by atoms with E-state index in [1.807, 2.05) is 0 Å². The summed E-state index contributed by atoms with van der Waals surface area (Å²) >= 11 is 0. The number of hydrogen-bond donors (Lipinski definition) is 1. The molecule has 0 saturated carbocycles. The number of ether oxygens (including phenoxy) is 1. The molecule has 0 bridgehead atoms. The van der Waals surface area contributed by atoms with Crippen molar-refractivity contribution in [1.82, 2.24) is 8.61 Å². The molecule has 0 aliphatic carbocycles. The summed E-state index contributed by atoms with van der Waals surface area (Å²) in [6, 6.07) is 0. The van der Waals surface area contributed by atoms with Crippen molar-refractivity contribution in [3.05, 3.63) is 0 Å². The minimum Gasteiger partial charge on any atom is -0.870 e. The molecule has 0 saturated heterocycles. The van der Waals surface area contributed by atoms with Gasteiger partial charge >= 0.3 is 158 Å². The van der Waals surface area contributed by atoms with Crippen LogP contribution < -0.4 is 108 Å². The molecule has 42 heteroatoms. The maximum Gasteiger partial charge on any atom is 1.00 e. The molecule has 0 aliphatic rings. The van der Waals surface area contributed by atoms with Crippen molar-refractivity contribution >= 4 is 32.0 Å². The number of carboxylic acid groups (broad SMARTS) is 1. The topological polar surface area (TPSA) is 191 Å². The molecule has 0 aliphatic heterocycles. The van der Waals surface area contributed by atoms with E-state index in [0.717, 1.165) is 21.0 Å². The van der Waals surface area contributed by atoms with Crippen LogP contribution in [0.2, 0.25) is 0 Å². The van der Waals surface area contributed by atoms with Crippen molar-refractivity contribution < 1.29 is 264 Å². The van der Waals surface area contributed by atoms with Gasteiger partial charge in [0.2, 0.25) is 20.0 Å². The molecule has 442 valence electrons. The zero-order chi connectivity index (χ0) is 58.5. The van der Waals surface area contributed by atoms with Crippen molar-refractivity contribution in [3.63, 3.8) is 0 Å². The van der Waals surface area contributed by atoms with Gasteiger partial charge in [0.05, 0.1) is 54.8 Å². The number of aliphatic carboxylic acids is 1. The van der Waals surface area contributed by atoms with Crippen LogP contribution in [0.15, 0.2) is 0 Å². The number of aliphatic hydroxyl groups is 1. The van der Waals surface area contributed by atoms with Gasteiger partial charge in [-0.15, -0.1) is 0 Å². The fraction of sp³-hybridized carbons (Fsp3) is 0.939. The van der Waals surface area contributed by atoms with Gasteiger partial charge in [0.1, 0.15) is 6.54 Å². The first-order valence-corrected chi connectivity index (χ1v) is 22.5. The first-order chi connectivity index (χ1) is 31.5. The molecule has 0 aromatic carbocycles. The monoisotopic (exact) mass is 1260 g/mol. The number of methoxy groups -OCH3 is 1. The predicted molar refractivity (Wildman–Crippen MR) is 192 cm³/mol. The van der Waals surface area contributed by atoms with Gasteiger partial charge < -0.3 is 25.2 Å². The SMILES string of the molecule is CCN(CC(=O)OC)S(=O)(=O)CCC(CC(CC(F)(C(F)(F)F)C(F)(F)F)C(F)(F)F)C(F)(F)F.CCN(CC(=O)[O-])S(=O)(=O)CCC(CC(CC(F)(C(F)(F)F)C(F)(F)F)C(F)(F)F)C(F)(F)F.CCO.[K+].[K+].[OH-]. The van der Waals surface area contributed by atoms with Gasteiger partial charge in [-0.2, -0.15) is 114 Å². The summed E-state index contributed by atoms with van der Waals surface area (Å²) in [7, 11) is -8.81. The van der Waals surface area contributed by atoms with Gasteiger partial charge in [-0.1, -0.05) is 13.8 Å². The van der Waals surface area contributed by atoms with Crippen molar-refractivity contribution in [2.75, 3.05) is 51.4 Å². The number of hydrogen-bond acceptors (Lipinski definition) is 10. The molecule has 0 aromatic rings. The fourth-order valence-corrected chi connectivity index (χ4v) is 8.72. The molecule has 75 heavy (non-hydrogen) atoms. The first-order valence-electron chi connectivity index (χ1n) is 19.3. The summed E-state index contributed by atoms with van der Waals surface area (Å²) in [5, 5.41) is 18.1. The number of halogens is 26. The largest absolute Gasteiger partial charge is 1.00 e. The van der Waals surface area contributed by atoms with Gasteiger partial charge in [0.15, 0.2) is 0 Å². The first kappa shape index (κ1) is 86.4. The molecule has 0 heterocycles. The summed E-state index contributed by atoms with van der Waals surface area (Å²) < 4.78 is 391. The van der Waals surface area contributed by atoms with Gasteiger partial charge in [-0.25, -0.2) is 25.6 Å². The van der Waals surface area contributed by atoms with Crippen LogP contribution in [-0.4, -0.2) is 160 Å². The summed E-state index contributed by atoms with van der Waals surface area (Å²) in [5.41, 5.74) is -13.0. The van der Waals surface area contributed by atoms with Crippen LogP contribution in [0.25, 0.3) is 0 Å². The molecule has 4 unspecified atom stereocenters.